The minimum absolute atomic E-state index is 0.179. The predicted molar refractivity (Wildman–Crippen MR) is 228 cm³/mol. The highest BCUT2D eigenvalue weighted by molar-refractivity contribution is 5.97. The maximum Gasteiger partial charge on any atom is 0.439 e. The lowest BCUT2D eigenvalue weighted by Crippen LogP contribution is -2.50. The van der Waals surface area contributed by atoms with Gasteiger partial charge in [-0.05, 0) is 126 Å². The molecule has 4 amide bonds. The van der Waals surface area contributed by atoms with Gasteiger partial charge in [0.25, 0.3) is 0 Å². The molecule has 1 aliphatic heterocycles. The molecule has 1 aliphatic carbocycles. The van der Waals surface area contributed by atoms with Crippen LogP contribution in [-0.4, -0.2) is 89.0 Å². The zero-order chi connectivity index (χ0) is 43.0. The highest BCUT2D eigenvalue weighted by Gasteiger charge is 2.31. The molecule has 0 unspecified atom stereocenters. The molecule has 1 aromatic heterocycles. The van der Waals surface area contributed by atoms with Gasteiger partial charge < -0.3 is 35.2 Å². The summed E-state index contributed by atoms with van der Waals surface area (Å²) in [5.41, 5.74) is 4.01. The molecule has 2 aliphatic rings. The quantitative estimate of drug-likeness (QED) is 0.126. The number of aromatic nitrogens is 2. The van der Waals surface area contributed by atoms with Crippen molar-refractivity contribution >= 4 is 35.4 Å². The van der Waals surface area contributed by atoms with E-state index in [1.165, 1.54) is 0 Å². The van der Waals surface area contributed by atoms with Crippen LogP contribution in [-0.2, 0) is 25.5 Å². The lowest BCUT2D eigenvalue weighted by molar-refractivity contribution is -0.130. The summed E-state index contributed by atoms with van der Waals surface area (Å²) in [5.74, 6) is -0.972. The van der Waals surface area contributed by atoms with Crippen molar-refractivity contribution in [3.63, 3.8) is 0 Å². The number of rotatable bonds is 11. The second kappa shape index (κ2) is 18.9. The standard InChI is InChI=1S/C45H57N7O8/c1-44(2,3)58-41(55)46-28-30-9-13-34(14-10-30)39(53)48-37(40(54)47-35-19-15-33(16-20-35)38-49-42(56)60-50-38)27-29-7-11-31(12-8-29)32-17-21-36(22-18-32)51-23-25-52(26-24-51)43(57)59-45(4,5)6/h7-8,11-12,15-22,30,34,37H,9-10,13-14,23-28H2,1-6H3,(H,46,55)(H,47,54)(H,48,53)(H,49,50,56)/t30?,34?,37-/m0/s1. The number of hydrogen-bond donors (Lipinski definition) is 4. The summed E-state index contributed by atoms with van der Waals surface area (Å²) in [5, 5.41) is 12.6. The van der Waals surface area contributed by atoms with E-state index >= 15 is 0 Å². The van der Waals surface area contributed by atoms with Crippen LogP contribution >= 0.6 is 0 Å². The van der Waals surface area contributed by atoms with Gasteiger partial charge in [-0.15, -0.1) is 0 Å². The molecule has 15 nitrogen and oxygen atoms in total. The van der Waals surface area contributed by atoms with Crippen LogP contribution in [0.2, 0.25) is 0 Å². The van der Waals surface area contributed by atoms with Gasteiger partial charge in [0.15, 0.2) is 5.82 Å². The number of carbonyl (C=O) groups excluding carboxylic acids is 4. The fourth-order valence-corrected chi connectivity index (χ4v) is 7.37. The van der Waals surface area contributed by atoms with Crippen LogP contribution in [0.25, 0.3) is 22.5 Å². The van der Waals surface area contributed by atoms with E-state index in [2.05, 4.69) is 59.8 Å². The first kappa shape index (κ1) is 43.5. The Balaban J connectivity index is 1.08. The Bertz CT molecular complexity index is 2140. The zero-order valence-electron chi connectivity index (χ0n) is 35.3. The number of ether oxygens (including phenoxy) is 2. The topological polar surface area (TPSA) is 188 Å². The van der Waals surface area contributed by atoms with Crippen LogP contribution in [0.1, 0.15) is 72.8 Å². The molecule has 4 aromatic rings. The number of H-pyrrole nitrogens is 1. The Morgan fingerprint density at radius 2 is 1.37 bits per heavy atom. The van der Waals surface area contributed by atoms with Crippen molar-refractivity contribution in [1.29, 1.82) is 0 Å². The fourth-order valence-electron chi connectivity index (χ4n) is 7.37. The van der Waals surface area contributed by atoms with Gasteiger partial charge >= 0.3 is 17.9 Å². The largest absolute Gasteiger partial charge is 0.444 e. The Labute approximate surface area is 350 Å². The summed E-state index contributed by atoms with van der Waals surface area (Å²) in [7, 11) is 0. The molecule has 15 heteroatoms. The van der Waals surface area contributed by atoms with Crippen molar-refractivity contribution in [2.24, 2.45) is 11.8 Å². The number of piperazine rings is 1. The molecule has 0 radical (unpaired) electrons. The van der Waals surface area contributed by atoms with Gasteiger partial charge in [0, 0.05) is 62.0 Å². The molecule has 0 bridgehead atoms. The zero-order valence-corrected chi connectivity index (χ0v) is 35.3. The third-order valence-corrected chi connectivity index (χ3v) is 10.5. The van der Waals surface area contributed by atoms with Crippen molar-refractivity contribution in [3.05, 3.63) is 88.9 Å². The molecule has 2 heterocycles. The first-order valence-electron chi connectivity index (χ1n) is 20.6. The molecule has 6 rings (SSSR count). The van der Waals surface area contributed by atoms with Crippen LogP contribution in [0.3, 0.4) is 0 Å². The molecule has 1 saturated heterocycles. The minimum atomic E-state index is -0.864. The lowest BCUT2D eigenvalue weighted by Gasteiger charge is -2.36. The van der Waals surface area contributed by atoms with Crippen molar-refractivity contribution in [2.45, 2.75) is 90.9 Å². The maximum absolute atomic E-state index is 13.9. The minimum Gasteiger partial charge on any atom is -0.444 e. The monoisotopic (exact) mass is 823 g/mol. The molecule has 320 valence electrons. The molecule has 3 aromatic carbocycles. The van der Waals surface area contributed by atoms with E-state index in [1.807, 2.05) is 65.8 Å². The Kier molecular flexibility index (Phi) is 13.7. The van der Waals surface area contributed by atoms with E-state index in [4.69, 9.17) is 9.47 Å². The average Bonchev–Trinajstić information content (AvgIpc) is 3.65. The smallest absolute Gasteiger partial charge is 0.439 e. The third kappa shape index (κ3) is 12.4. The highest BCUT2D eigenvalue weighted by atomic mass is 16.6. The van der Waals surface area contributed by atoms with Gasteiger partial charge in [0.2, 0.25) is 11.8 Å². The van der Waals surface area contributed by atoms with Gasteiger partial charge in [-0.2, -0.15) is 0 Å². The lowest BCUT2D eigenvalue weighted by atomic mass is 9.81. The van der Waals surface area contributed by atoms with E-state index in [0.29, 0.717) is 56.8 Å². The Morgan fingerprint density at radius 1 is 0.783 bits per heavy atom. The number of amides is 4. The summed E-state index contributed by atoms with van der Waals surface area (Å²) >= 11 is 0. The normalized spacial score (nSPS) is 17.6. The summed E-state index contributed by atoms with van der Waals surface area (Å²) in [6.07, 6.45) is 2.34. The van der Waals surface area contributed by atoms with Crippen molar-refractivity contribution in [3.8, 4) is 22.5 Å². The fraction of sp³-hybridized carbons (Fsp3) is 0.467. The van der Waals surface area contributed by atoms with Gasteiger partial charge in [-0.1, -0.05) is 41.6 Å². The van der Waals surface area contributed by atoms with Crippen LogP contribution in [0.15, 0.2) is 82.1 Å². The van der Waals surface area contributed by atoms with E-state index in [-0.39, 0.29) is 42.0 Å². The summed E-state index contributed by atoms with van der Waals surface area (Å²) in [4.78, 5) is 70.2. The summed E-state index contributed by atoms with van der Waals surface area (Å²) < 4.78 is 15.5. The molecular weight excluding hydrogens is 767 g/mol. The summed E-state index contributed by atoms with van der Waals surface area (Å²) in [6.45, 7) is 14.2. The van der Waals surface area contributed by atoms with E-state index in [1.54, 1.807) is 29.2 Å². The molecule has 0 spiro atoms. The number of aromatic amines is 1. The van der Waals surface area contributed by atoms with Gasteiger partial charge in [0.05, 0.1) is 0 Å². The molecule has 60 heavy (non-hydrogen) atoms. The average molecular weight is 824 g/mol. The van der Waals surface area contributed by atoms with Gasteiger partial charge in [-0.25, -0.2) is 14.4 Å². The van der Waals surface area contributed by atoms with Gasteiger partial charge in [-0.3, -0.25) is 19.1 Å². The highest BCUT2D eigenvalue weighted by Crippen LogP contribution is 2.30. The van der Waals surface area contributed by atoms with E-state index in [0.717, 1.165) is 35.2 Å². The van der Waals surface area contributed by atoms with E-state index < -0.39 is 29.1 Å². The van der Waals surface area contributed by atoms with E-state index in [9.17, 15) is 24.0 Å². The summed E-state index contributed by atoms with van der Waals surface area (Å²) in [6, 6.07) is 22.2. The Morgan fingerprint density at radius 3 is 1.93 bits per heavy atom. The third-order valence-electron chi connectivity index (χ3n) is 10.5. The number of hydrogen-bond acceptors (Lipinski definition) is 10. The second-order valence-corrected chi connectivity index (χ2v) is 17.6. The number of carbonyl (C=O) groups is 4. The van der Waals surface area contributed by atoms with Crippen LogP contribution in [0.5, 0.6) is 0 Å². The number of anilines is 2. The number of nitrogens with one attached hydrogen (secondary N) is 4. The second-order valence-electron chi connectivity index (χ2n) is 17.6. The van der Waals surface area contributed by atoms with Crippen LogP contribution < -0.4 is 26.6 Å². The van der Waals surface area contributed by atoms with Crippen LogP contribution in [0.4, 0.5) is 21.0 Å². The SMILES string of the molecule is CC(C)(C)OC(=O)NCC1CCC(C(=O)N[C@@H](Cc2ccc(-c3ccc(N4CCN(C(=O)OC(C)(C)C)CC4)cc3)cc2)C(=O)Nc2ccc(-c3noc(=O)[nH]3)cc2)CC1. The van der Waals surface area contributed by atoms with Crippen molar-refractivity contribution < 1.29 is 33.2 Å². The Hall–Kier alpha value is -6.12. The van der Waals surface area contributed by atoms with Crippen molar-refractivity contribution in [1.82, 2.24) is 25.7 Å². The first-order valence-corrected chi connectivity index (χ1v) is 20.6. The first-order chi connectivity index (χ1) is 28.5. The maximum atomic E-state index is 13.9. The number of nitrogens with zero attached hydrogens (tertiary/aromatic N) is 3. The predicted octanol–water partition coefficient (Wildman–Crippen LogP) is 6.75. The molecule has 1 saturated carbocycles. The molecule has 2 fully saturated rings. The van der Waals surface area contributed by atoms with Crippen molar-refractivity contribution in [2.75, 3.05) is 42.9 Å². The molecule has 1 atom stereocenters. The number of benzene rings is 3. The molecular formula is C45H57N7O8. The van der Waals surface area contributed by atoms with Gasteiger partial charge in [0.1, 0.15) is 17.2 Å². The molecule has 4 N–H and O–H groups in total. The number of alkyl carbamates (subject to hydrolysis) is 1. The van der Waals surface area contributed by atoms with Crippen LogP contribution in [0, 0.1) is 11.8 Å².